The number of nitrogens with one attached hydrogen (secondary N) is 1. The molecule has 4 heteroatoms. The molecule has 0 bridgehead atoms. The van der Waals surface area contributed by atoms with Crippen LogP contribution >= 0.6 is 15.9 Å². The van der Waals surface area contributed by atoms with E-state index in [-0.39, 0.29) is 5.78 Å². The third-order valence-corrected chi connectivity index (χ3v) is 4.37. The van der Waals surface area contributed by atoms with Crippen LogP contribution in [0.3, 0.4) is 0 Å². The zero-order valence-electron chi connectivity index (χ0n) is 11.6. The van der Waals surface area contributed by atoms with Gasteiger partial charge in [0.1, 0.15) is 5.75 Å². The Morgan fingerprint density at radius 3 is 2.33 bits per heavy atom. The summed E-state index contributed by atoms with van der Waals surface area (Å²) in [5, 5.41) is 3.06. The minimum absolute atomic E-state index is 0.0648. The zero-order valence-corrected chi connectivity index (χ0v) is 13.2. The predicted octanol–water partition coefficient (Wildman–Crippen LogP) is 3.18. The van der Waals surface area contributed by atoms with Crippen LogP contribution in [0, 0.1) is 20.8 Å². The van der Waals surface area contributed by atoms with Crippen LogP contribution in [-0.2, 0) is 0 Å². The highest BCUT2D eigenvalue weighted by Gasteiger charge is 2.21. The van der Waals surface area contributed by atoms with E-state index in [4.69, 9.17) is 4.74 Å². The number of benzene rings is 1. The van der Waals surface area contributed by atoms with Crippen molar-refractivity contribution in [3.63, 3.8) is 0 Å². The van der Waals surface area contributed by atoms with E-state index in [1.54, 1.807) is 7.11 Å². The highest BCUT2D eigenvalue weighted by molar-refractivity contribution is 9.10. The molecule has 100 valence electrons. The van der Waals surface area contributed by atoms with E-state index in [2.05, 4.69) is 21.2 Å². The normalized spacial score (nSPS) is 10.6. The zero-order chi connectivity index (χ0) is 13.9. The van der Waals surface area contributed by atoms with Crippen molar-refractivity contribution < 1.29 is 9.53 Å². The largest absolute Gasteiger partial charge is 0.496 e. The van der Waals surface area contributed by atoms with E-state index in [0.717, 1.165) is 27.7 Å². The Morgan fingerprint density at radius 2 is 1.83 bits per heavy atom. The number of rotatable bonds is 5. The van der Waals surface area contributed by atoms with E-state index >= 15 is 0 Å². The van der Waals surface area contributed by atoms with Crippen molar-refractivity contribution in [2.75, 3.05) is 20.2 Å². The van der Waals surface area contributed by atoms with Gasteiger partial charge >= 0.3 is 0 Å². The van der Waals surface area contributed by atoms with Gasteiger partial charge in [-0.15, -0.1) is 0 Å². The van der Waals surface area contributed by atoms with Crippen molar-refractivity contribution in [2.45, 2.75) is 27.7 Å². The quantitative estimate of drug-likeness (QED) is 0.848. The molecule has 0 saturated heterocycles. The van der Waals surface area contributed by atoms with E-state index in [9.17, 15) is 4.79 Å². The van der Waals surface area contributed by atoms with Crippen molar-refractivity contribution in [3.8, 4) is 5.75 Å². The Labute approximate surface area is 117 Å². The number of halogens is 1. The lowest BCUT2D eigenvalue weighted by Gasteiger charge is -2.18. The van der Waals surface area contributed by atoms with E-state index in [1.807, 2.05) is 27.7 Å². The lowest BCUT2D eigenvalue weighted by molar-refractivity contribution is 0.0988. The number of carbonyl (C=O) groups is 1. The third-order valence-electron chi connectivity index (χ3n) is 3.18. The summed E-state index contributed by atoms with van der Waals surface area (Å²) in [5.74, 6) is 0.756. The average Bonchev–Trinajstić information content (AvgIpc) is 2.37. The Kier molecular flexibility index (Phi) is 5.35. The maximum atomic E-state index is 12.3. The smallest absolute Gasteiger partial charge is 0.180 e. The number of hydrogen-bond acceptors (Lipinski definition) is 3. The van der Waals surface area contributed by atoms with Gasteiger partial charge in [-0.25, -0.2) is 0 Å². The molecule has 0 aliphatic carbocycles. The minimum Gasteiger partial charge on any atom is -0.496 e. The van der Waals surface area contributed by atoms with E-state index < -0.39 is 0 Å². The number of likely N-dealkylation sites (N-methyl/N-ethyl adjacent to an activating group) is 1. The Balaban J connectivity index is 3.37. The first-order chi connectivity index (χ1) is 8.45. The molecule has 0 atom stereocenters. The fraction of sp³-hybridized carbons (Fsp3) is 0.500. The van der Waals surface area contributed by atoms with Crippen molar-refractivity contribution in [1.29, 1.82) is 0 Å². The van der Waals surface area contributed by atoms with Crippen LogP contribution in [0.4, 0.5) is 0 Å². The first kappa shape index (κ1) is 15.2. The van der Waals surface area contributed by atoms with Crippen LogP contribution in [0.15, 0.2) is 4.47 Å². The minimum atomic E-state index is 0.0648. The molecule has 1 aromatic rings. The molecule has 3 nitrogen and oxygen atoms in total. The second-order valence-electron chi connectivity index (χ2n) is 4.30. The summed E-state index contributed by atoms with van der Waals surface area (Å²) in [6.07, 6.45) is 0. The second kappa shape index (κ2) is 6.34. The van der Waals surface area contributed by atoms with Gasteiger partial charge in [-0.1, -0.05) is 22.9 Å². The number of hydrogen-bond donors (Lipinski definition) is 1. The Hall–Kier alpha value is -0.870. The molecule has 0 aromatic heterocycles. The molecule has 0 spiro atoms. The molecule has 0 heterocycles. The number of ketones is 1. The van der Waals surface area contributed by atoms with Gasteiger partial charge < -0.3 is 10.1 Å². The summed E-state index contributed by atoms with van der Waals surface area (Å²) < 4.78 is 6.41. The molecule has 18 heavy (non-hydrogen) atoms. The number of Topliss-reactive ketones (excluding diaryl/α,β-unsaturated/α-hetero) is 1. The fourth-order valence-corrected chi connectivity index (χ4v) is 2.50. The van der Waals surface area contributed by atoms with Gasteiger partial charge in [0, 0.05) is 4.47 Å². The molecule has 0 fully saturated rings. The van der Waals surface area contributed by atoms with Crippen LogP contribution in [0.25, 0.3) is 0 Å². The highest BCUT2D eigenvalue weighted by Crippen LogP contribution is 2.36. The van der Waals surface area contributed by atoms with Crippen LogP contribution in [0.2, 0.25) is 0 Å². The molecule has 0 saturated carbocycles. The lowest BCUT2D eigenvalue weighted by Crippen LogP contribution is -2.24. The summed E-state index contributed by atoms with van der Waals surface area (Å²) >= 11 is 3.55. The number of carbonyl (C=O) groups excluding carboxylic acids is 1. The third kappa shape index (κ3) is 2.75. The average molecular weight is 314 g/mol. The maximum Gasteiger partial charge on any atom is 0.180 e. The van der Waals surface area contributed by atoms with E-state index in [1.165, 1.54) is 0 Å². The van der Waals surface area contributed by atoms with Gasteiger partial charge in [0.25, 0.3) is 0 Å². The van der Waals surface area contributed by atoms with Gasteiger partial charge in [-0.3, -0.25) is 4.79 Å². The standard InChI is InChI=1S/C14H20BrNO2/c1-6-16-7-11(17)12-10(4)13(15)8(2)9(3)14(12)18-5/h16H,6-7H2,1-5H3. The molecule has 1 aromatic carbocycles. The first-order valence-electron chi connectivity index (χ1n) is 6.02. The van der Waals surface area contributed by atoms with Crippen molar-refractivity contribution >= 4 is 21.7 Å². The van der Waals surface area contributed by atoms with Crippen LogP contribution < -0.4 is 10.1 Å². The molecule has 0 unspecified atom stereocenters. The number of ether oxygens (including phenoxy) is 1. The van der Waals surface area contributed by atoms with Gasteiger partial charge in [-0.05, 0) is 44.0 Å². The Bertz CT molecular complexity index is 470. The summed E-state index contributed by atoms with van der Waals surface area (Å²) in [7, 11) is 1.61. The van der Waals surface area contributed by atoms with Crippen molar-refractivity contribution in [2.24, 2.45) is 0 Å². The van der Waals surface area contributed by atoms with Gasteiger partial charge in [-0.2, -0.15) is 0 Å². The molecule has 0 radical (unpaired) electrons. The van der Waals surface area contributed by atoms with E-state index in [0.29, 0.717) is 17.9 Å². The summed E-state index contributed by atoms with van der Waals surface area (Å²) in [6, 6.07) is 0. The van der Waals surface area contributed by atoms with Gasteiger partial charge in [0.05, 0.1) is 19.2 Å². The molecule has 1 N–H and O–H groups in total. The number of methoxy groups -OCH3 is 1. The molecule has 1 rings (SSSR count). The molecular weight excluding hydrogens is 294 g/mol. The maximum absolute atomic E-state index is 12.3. The van der Waals surface area contributed by atoms with Crippen molar-refractivity contribution in [3.05, 3.63) is 26.7 Å². The van der Waals surface area contributed by atoms with Crippen LogP contribution in [-0.4, -0.2) is 26.0 Å². The first-order valence-corrected chi connectivity index (χ1v) is 6.82. The fourth-order valence-electron chi connectivity index (χ4n) is 2.00. The summed E-state index contributed by atoms with van der Waals surface area (Å²) in [4.78, 5) is 12.3. The highest BCUT2D eigenvalue weighted by atomic mass is 79.9. The SMILES string of the molecule is CCNCC(=O)c1c(C)c(Br)c(C)c(C)c1OC. The second-order valence-corrected chi connectivity index (χ2v) is 5.09. The molecule has 0 aliphatic heterocycles. The topological polar surface area (TPSA) is 38.3 Å². The van der Waals surface area contributed by atoms with Crippen LogP contribution in [0.1, 0.15) is 34.0 Å². The summed E-state index contributed by atoms with van der Waals surface area (Å²) in [6.45, 7) is 9.03. The van der Waals surface area contributed by atoms with Gasteiger partial charge in [0.15, 0.2) is 5.78 Å². The Morgan fingerprint density at radius 1 is 1.22 bits per heavy atom. The van der Waals surface area contributed by atoms with Crippen LogP contribution in [0.5, 0.6) is 5.75 Å². The molecule has 0 amide bonds. The predicted molar refractivity (Wildman–Crippen MR) is 77.8 cm³/mol. The lowest BCUT2D eigenvalue weighted by atomic mass is 9.96. The monoisotopic (exact) mass is 313 g/mol. The van der Waals surface area contributed by atoms with Gasteiger partial charge in [0.2, 0.25) is 0 Å². The molecule has 0 aliphatic rings. The van der Waals surface area contributed by atoms with Crippen molar-refractivity contribution in [1.82, 2.24) is 5.32 Å². The summed E-state index contributed by atoms with van der Waals surface area (Å²) in [5.41, 5.74) is 3.74. The molecular formula is C14H20BrNO2.